The Kier molecular flexibility index (Phi) is 9.03. The number of aromatic nitrogens is 1. The number of carbonyl (C=O) groups is 3. The number of amides is 1. The van der Waals surface area contributed by atoms with Crippen molar-refractivity contribution in [1.82, 2.24) is 9.88 Å². The third-order valence-electron chi connectivity index (χ3n) is 5.88. The first-order chi connectivity index (χ1) is 15.4. The number of nitrogens with zero attached hydrogens (tertiary/aromatic N) is 3. The molecule has 1 aromatic heterocycles. The third-order valence-corrected chi connectivity index (χ3v) is 5.88. The van der Waals surface area contributed by atoms with Crippen LogP contribution in [0, 0.1) is 5.92 Å². The second-order valence-electron chi connectivity index (χ2n) is 8.32. The molecule has 2 aliphatic rings. The number of halogens is 3. The number of hydrogen-bond acceptors (Lipinski definition) is 6. The summed E-state index contributed by atoms with van der Waals surface area (Å²) in [5.41, 5.74) is 0.0405. The number of carboxylic acids is 2. The maximum absolute atomic E-state index is 12.6. The minimum atomic E-state index is -5.08. The van der Waals surface area contributed by atoms with Gasteiger partial charge in [0.25, 0.3) is 0 Å². The van der Waals surface area contributed by atoms with E-state index in [0.29, 0.717) is 32.1 Å². The molecular weight excluding hydrogens is 447 g/mol. The Labute approximate surface area is 188 Å². The minimum Gasteiger partial charge on any atom is -0.481 e. The van der Waals surface area contributed by atoms with E-state index >= 15 is 0 Å². The molecule has 1 aliphatic carbocycles. The summed E-state index contributed by atoms with van der Waals surface area (Å²) >= 11 is 0. The molecule has 1 aliphatic heterocycles. The van der Waals surface area contributed by atoms with Crippen LogP contribution in [-0.4, -0.2) is 81.0 Å². The van der Waals surface area contributed by atoms with Crippen molar-refractivity contribution in [3.63, 3.8) is 0 Å². The number of hydrogen-bond donors (Lipinski definition) is 3. The molecule has 0 atom stereocenters. The van der Waals surface area contributed by atoms with E-state index in [-0.39, 0.29) is 18.2 Å². The van der Waals surface area contributed by atoms with Crippen molar-refractivity contribution in [2.24, 2.45) is 5.92 Å². The van der Waals surface area contributed by atoms with E-state index < -0.39 is 23.7 Å². The van der Waals surface area contributed by atoms with E-state index in [2.05, 4.69) is 9.88 Å². The fourth-order valence-electron chi connectivity index (χ4n) is 4.02. The fraction of sp³-hybridized carbons (Fsp3) is 0.619. The van der Waals surface area contributed by atoms with Gasteiger partial charge in [-0.25, -0.2) is 4.79 Å². The lowest BCUT2D eigenvalue weighted by atomic mass is 9.76. The first-order valence-corrected chi connectivity index (χ1v) is 10.6. The fourth-order valence-corrected chi connectivity index (χ4v) is 4.02. The Balaban J connectivity index is 0.000000479. The second kappa shape index (κ2) is 11.3. The zero-order valence-corrected chi connectivity index (χ0v) is 18.0. The van der Waals surface area contributed by atoms with Crippen LogP contribution in [0.5, 0.6) is 0 Å². The first-order valence-electron chi connectivity index (χ1n) is 10.6. The lowest BCUT2D eigenvalue weighted by Gasteiger charge is -2.38. The lowest BCUT2D eigenvalue weighted by Crippen LogP contribution is -2.49. The Morgan fingerprint density at radius 2 is 1.55 bits per heavy atom. The monoisotopic (exact) mass is 475 g/mol. The maximum Gasteiger partial charge on any atom is 0.490 e. The van der Waals surface area contributed by atoms with Crippen molar-refractivity contribution in [1.29, 1.82) is 0 Å². The van der Waals surface area contributed by atoms with Gasteiger partial charge in [0.2, 0.25) is 5.91 Å². The Morgan fingerprint density at radius 1 is 1.03 bits per heavy atom. The molecule has 0 radical (unpaired) electrons. The Morgan fingerprint density at radius 3 is 2.00 bits per heavy atom. The molecule has 33 heavy (non-hydrogen) atoms. The normalized spacial score (nSPS) is 23.3. The van der Waals surface area contributed by atoms with Crippen molar-refractivity contribution in [3.8, 4) is 0 Å². The van der Waals surface area contributed by atoms with Crippen molar-refractivity contribution >= 4 is 23.5 Å². The van der Waals surface area contributed by atoms with Gasteiger partial charge in [-0.2, -0.15) is 13.2 Å². The van der Waals surface area contributed by atoms with Crippen LogP contribution in [-0.2, 0) is 14.4 Å². The first kappa shape index (κ1) is 26.4. The number of rotatable bonds is 5. The molecule has 9 nitrogen and oxygen atoms in total. The van der Waals surface area contributed by atoms with Crippen molar-refractivity contribution in [2.75, 3.05) is 31.1 Å². The zero-order chi connectivity index (χ0) is 24.6. The van der Waals surface area contributed by atoms with Crippen LogP contribution in [0.15, 0.2) is 24.5 Å². The highest BCUT2D eigenvalue weighted by Crippen LogP contribution is 2.36. The van der Waals surface area contributed by atoms with E-state index in [1.54, 1.807) is 12.4 Å². The zero-order valence-electron chi connectivity index (χ0n) is 18.0. The number of alkyl halides is 3. The van der Waals surface area contributed by atoms with Crippen LogP contribution >= 0.6 is 0 Å². The average Bonchev–Trinajstić information content (AvgIpc) is 2.75. The minimum absolute atomic E-state index is 0.174. The van der Waals surface area contributed by atoms with Crippen molar-refractivity contribution in [3.05, 3.63) is 24.5 Å². The molecule has 0 spiro atoms. The predicted molar refractivity (Wildman–Crippen MR) is 110 cm³/mol. The third kappa shape index (κ3) is 8.52. The van der Waals surface area contributed by atoms with Crippen LogP contribution in [0.4, 0.5) is 18.9 Å². The molecule has 1 saturated carbocycles. The van der Waals surface area contributed by atoms with Gasteiger partial charge in [0, 0.05) is 50.7 Å². The lowest BCUT2D eigenvalue weighted by molar-refractivity contribution is -0.192. The molecule has 3 rings (SSSR count). The highest BCUT2D eigenvalue weighted by molar-refractivity contribution is 5.77. The number of pyridine rings is 1. The summed E-state index contributed by atoms with van der Waals surface area (Å²) in [6.45, 7) is 3.07. The smallest absolute Gasteiger partial charge is 0.481 e. The van der Waals surface area contributed by atoms with Gasteiger partial charge in [-0.3, -0.25) is 14.6 Å². The molecule has 1 amide bonds. The Hall–Kier alpha value is -2.89. The Bertz CT molecular complexity index is 805. The number of carboxylic acid groups (broad SMARTS) is 2. The molecule has 0 aromatic carbocycles. The second-order valence-corrected chi connectivity index (χ2v) is 8.32. The van der Waals surface area contributed by atoms with Gasteiger partial charge < -0.3 is 25.1 Å². The van der Waals surface area contributed by atoms with Crippen molar-refractivity contribution < 1.29 is 42.9 Å². The van der Waals surface area contributed by atoms with E-state index in [4.69, 9.17) is 15.0 Å². The number of carbonyl (C=O) groups excluding carboxylic acids is 1. The van der Waals surface area contributed by atoms with Crippen LogP contribution in [0.25, 0.3) is 0 Å². The number of aliphatic hydroxyl groups is 1. The summed E-state index contributed by atoms with van der Waals surface area (Å²) in [7, 11) is 0. The van der Waals surface area contributed by atoms with Crippen LogP contribution in [0.3, 0.4) is 0 Å². The van der Waals surface area contributed by atoms with Gasteiger partial charge >= 0.3 is 18.1 Å². The average molecular weight is 475 g/mol. The molecular formula is C21H28F3N3O6. The molecule has 1 aromatic rings. The standard InChI is InChI=1S/C19H27N3O4.C2HF3O2/c23-17(13-15-1-5-19(26,6-2-15)14-18(24)25)22-11-9-21(10-12-22)16-3-7-20-8-4-16;3-2(4,5)1(6)7/h3-4,7-8,15,26H,1-2,5-6,9-14H2,(H,24,25);(H,6,7). The predicted octanol–water partition coefficient (Wildman–Crippen LogP) is 2.15. The summed E-state index contributed by atoms with van der Waals surface area (Å²) in [6.07, 6.45) is 1.13. The molecule has 1 saturated heterocycles. The summed E-state index contributed by atoms with van der Waals surface area (Å²) < 4.78 is 31.7. The summed E-state index contributed by atoms with van der Waals surface area (Å²) in [6, 6.07) is 3.97. The van der Waals surface area contributed by atoms with E-state index in [1.165, 1.54) is 0 Å². The summed E-state index contributed by atoms with van der Waals surface area (Å²) in [5, 5.41) is 26.3. The highest BCUT2D eigenvalue weighted by Gasteiger charge is 2.38. The van der Waals surface area contributed by atoms with E-state index in [1.807, 2.05) is 17.0 Å². The van der Waals surface area contributed by atoms with Crippen molar-refractivity contribution in [2.45, 2.75) is 50.3 Å². The van der Waals surface area contributed by atoms with Gasteiger partial charge in [-0.05, 0) is 43.7 Å². The maximum atomic E-state index is 12.6. The topological polar surface area (TPSA) is 131 Å². The van der Waals surface area contributed by atoms with Gasteiger partial charge in [-0.1, -0.05) is 0 Å². The van der Waals surface area contributed by atoms with E-state index in [0.717, 1.165) is 31.9 Å². The molecule has 2 fully saturated rings. The van der Waals surface area contributed by atoms with Crippen LogP contribution in [0.1, 0.15) is 38.5 Å². The SMILES string of the molecule is O=C(O)C(F)(F)F.O=C(O)CC1(O)CCC(CC(=O)N2CCN(c3ccncc3)CC2)CC1. The van der Waals surface area contributed by atoms with Gasteiger partial charge in [0.15, 0.2) is 0 Å². The quantitative estimate of drug-likeness (QED) is 0.591. The largest absolute Gasteiger partial charge is 0.490 e. The van der Waals surface area contributed by atoms with E-state index in [9.17, 15) is 27.9 Å². The highest BCUT2D eigenvalue weighted by atomic mass is 19.4. The van der Waals surface area contributed by atoms with Crippen LogP contribution < -0.4 is 4.90 Å². The molecule has 2 heterocycles. The summed E-state index contributed by atoms with van der Waals surface area (Å²) in [4.78, 5) is 40.5. The molecule has 0 bridgehead atoms. The van der Waals surface area contributed by atoms with Gasteiger partial charge in [0.05, 0.1) is 12.0 Å². The molecule has 3 N–H and O–H groups in total. The molecule has 184 valence electrons. The number of aliphatic carboxylic acids is 2. The number of anilines is 1. The van der Waals surface area contributed by atoms with Crippen LogP contribution in [0.2, 0.25) is 0 Å². The molecule has 0 unspecified atom stereocenters. The van der Waals surface area contributed by atoms with Gasteiger partial charge in [-0.15, -0.1) is 0 Å². The molecule has 12 heteroatoms. The number of piperazine rings is 1. The van der Waals surface area contributed by atoms with Gasteiger partial charge in [0.1, 0.15) is 0 Å². The summed E-state index contributed by atoms with van der Waals surface area (Å²) in [5.74, 6) is -3.30.